The third-order valence-electron chi connectivity index (χ3n) is 5.02. The number of nitrogens with one attached hydrogen (secondary N) is 1. The summed E-state index contributed by atoms with van der Waals surface area (Å²) in [5.41, 5.74) is 1.89. The lowest BCUT2D eigenvalue weighted by Gasteiger charge is -2.16. The molecule has 2 aromatic heterocycles. The number of aromatic nitrogens is 2. The molecule has 3 heterocycles. The number of halogens is 1. The first-order valence-electron chi connectivity index (χ1n) is 8.71. The Hall–Kier alpha value is -2.70. The van der Waals surface area contributed by atoms with Gasteiger partial charge in [-0.3, -0.25) is 14.6 Å². The number of aromatic amines is 1. The van der Waals surface area contributed by atoms with E-state index in [2.05, 4.69) is 9.97 Å². The molecule has 0 bridgehead atoms. The molecule has 0 radical (unpaired) electrons. The standard InChI is InChI=1S/C20H18ClN3O3/c21-16-8-13(9-23-19(16)26)20(27)24-10-14(18(25)11-24)7-12-5-6-22-17-4-2-1-3-15(12)17/h1-6,8-9,14,18,25H,7,10-11H2,(H,23,26)/t14-,18+/m1/s1. The Bertz CT molecular complexity index is 1060. The minimum absolute atomic E-state index is 0.0274. The number of carbonyl (C=O) groups excluding carboxylic acids is 1. The first-order valence-corrected chi connectivity index (χ1v) is 9.09. The van der Waals surface area contributed by atoms with Gasteiger partial charge in [0.15, 0.2) is 0 Å². The summed E-state index contributed by atoms with van der Waals surface area (Å²) in [4.78, 5) is 32.5. The van der Waals surface area contributed by atoms with E-state index >= 15 is 0 Å². The maximum absolute atomic E-state index is 12.7. The average Bonchev–Trinajstić information content (AvgIpc) is 3.04. The van der Waals surface area contributed by atoms with Gasteiger partial charge >= 0.3 is 0 Å². The van der Waals surface area contributed by atoms with Crippen LogP contribution >= 0.6 is 11.6 Å². The normalized spacial score (nSPS) is 19.6. The predicted molar refractivity (Wildman–Crippen MR) is 103 cm³/mol. The lowest BCUT2D eigenvalue weighted by atomic mass is 9.94. The van der Waals surface area contributed by atoms with E-state index < -0.39 is 11.7 Å². The predicted octanol–water partition coefficient (Wildman–Crippen LogP) is 2.25. The molecular weight excluding hydrogens is 366 g/mol. The summed E-state index contributed by atoms with van der Waals surface area (Å²) in [7, 11) is 0. The Morgan fingerprint density at radius 2 is 2.11 bits per heavy atom. The molecule has 0 unspecified atom stereocenters. The van der Waals surface area contributed by atoms with Gasteiger partial charge < -0.3 is 15.0 Å². The van der Waals surface area contributed by atoms with Crippen molar-refractivity contribution in [2.45, 2.75) is 12.5 Å². The van der Waals surface area contributed by atoms with Gasteiger partial charge in [-0.2, -0.15) is 0 Å². The molecule has 138 valence electrons. The summed E-state index contributed by atoms with van der Waals surface area (Å²) in [6.07, 6.45) is 3.16. The zero-order chi connectivity index (χ0) is 19.0. The number of nitrogens with zero attached hydrogens (tertiary/aromatic N) is 2. The molecule has 1 aromatic carbocycles. The van der Waals surface area contributed by atoms with Crippen LogP contribution in [-0.2, 0) is 6.42 Å². The van der Waals surface area contributed by atoms with Crippen molar-refractivity contribution in [1.82, 2.24) is 14.9 Å². The van der Waals surface area contributed by atoms with E-state index in [9.17, 15) is 14.7 Å². The largest absolute Gasteiger partial charge is 0.391 e. The van der Waals surface area contributed by atoms with Crippen LogP contribution in [0.5, 0.6) is 0 Å². The molecule has 2 atom stereocenters. The number of aliphatic hydroxyl groups is 1. The summed E-state index contributed by atoms with van der Waals surface area (Å²) >= 11 is 5.81. The Balaban J connectivity index is 1.53. The van der Waals surface area contributed by atoms with Crippen LogP contribution in [0, 0.1) is 5.92 Å². The number of para-hydroxylation sites is 1. The van der Waals surface area contributed by atoms with Gasteiger partial charge in [-0.05, 0) is 30.2 Å². The summed E-state index contributed by atoms with van der Waals surface area (Å²) in [5, 5.41) is 11.5. The van der Waals surface area contributed by atoms with Crippen LogP contribution in [0.25, 0.3) is 10.9 Å². The third kappa shape index (κ3) is 3.46. The van der Waals surface area contributed by atoms with Crippen molar-refractivity contribution in [2.75, 3.05) is 13.1 Å². The van der Waals surface area contributed by atoms with Crippen molar-refractivity contribution in [3.8, 4) is 0 Å². The summed E-state index contributed by atoms with van der Waals surface area (Å²) < 4.78 is 0. The highest BCUT2D eigenvalue weighted by Crippen LogP contribution is 2.26. The monoisotopic (exact) mass is 383 g/mol. The van der Waals surface area contributed by atoms with Gasteiger partial charge in [0.1, 0.15) is 5.02 Å². The van der Waals surface area contributed by atoms with Crippen LogP contribution in [0.3, 0.4) is 0 Å². The van der Waals surface area contributed by atoms with E-state index in [1.807, 2.05) is 30.3 Å². The van der Waals surface area contributed by atoms with Gasteiger partial charge in [0.05, 0.1) is 17.2 Å². The zero-order valence-electron chi connectivity index (χ0n) is 14.4. The second-order valence-corrected chi connectivity index (χ2v) is 7.20. The van der Waals surface area contributed by atoms with Crippen molar-refractivity contribution < 1.29 is 9.90 Å². The number of hydrogen-bond donors (Lipinski definition) is 2. The Morgan fingerprint density at radius 3 is 2.93 bits per heavy atom. The summed E-state index contributed by atoms with van der Waals surface area (Å²) in [6.45, 7) is 0.691. The van der Waals surface area contributed by atoms with E-state index in [1.54, 1.807) is 11.1 Å². The first kappa shape index (κ1) is 17.7. The average molecular weight is 384 g/mol. The molecule has 4 rings (SSSR count). The molecule has 0 saturated carbocycles. The number of fused-ring (bicyclic) bond motifs is 1. The van der Waals surface area contributed by atoms with Gasteiger partial charge in [0, 0.05) is 36.8 Å². The molecule has 1 aliphatic heterocycles. The summed E-state index contributed by atoms with van der Waals surface area (Å²) in [5.74, 6) is -0.327. The number of benzene rings is 1. The number of β-amino-alcohol motifs (C(OH)–C–C–N with tert-alkyl or cyclic N) is 1. The number of pyridine rings is 2. The SMILES string of the molecule is O=C(c1c[nH]c(=O)c(Cl)c1)N1C[C@@H](Cc2ccnc3ccccc23)[C@@H](O)C1. The second kappa shape index (κ2) is 7.13. The van der Waals surface area contributed by atoms with Crippen molar-refractivity contribution >= 4 is 28.4 Å². The van der Waals surface area contributed by atoms with Gasteiger partial charge in [0.2, 0.25) is 0 Å². The minimum Gasteiger partial charge on any atom is -0.391 e. The lowest BCUT2D eigenvalue weighted by molar-refractivity contribution is 0.0764. The van der Waals surface area contributed by atoms with E-state index in [4.69, 9.17) is 11.6 Å². The molecule has 2 N–H and O–H groups in total. The highest BCUT2D eigenvalue weighted by Gasteiger charge is 2.34. The summed E-state index contributed by atoms with van der Waals surface area (Å²) in [6, 6.07) is 11.2. The van der Waals surface area contributed by atoms with Crippen LogP contribution in [0.15, 0.2) is 53.6 Å². The number of aliphatic hydroxyl groups excluding tert-OH is 1. The highest BCUT2D eigenvalue weighted by atomic mass is 35.5. The number of likely N-dealkylation sites (tertiary alicyclic amines) is 1. The Kier molecular flexibility index (Phi) is 4.68. The molecule has 7 heteroatoms. The molecule has 1 aliphatic rings. The maximum Gasteiger partial charge on any atom is 0.266 e. The first-order chi connectivity index (χ1) is 13.0. The van der Waals surface area contributed by atoms with Gasteiger partial charge in [-0.25, -0.2) is 0 Å². The topological polar surface area (TPSA) is 86.3 Å². The molecule has 1 fully saturated rings. The lowest BCUT2D eigenvalue weighted by Crippen LogP contribution is -2.30. The van der Waals surface area contributed by atoms with Crippen molar-refractivity contribution in [1.29, 1.82) is 0 Å². The molecule has 27 heavy (non-hydrogen) atoms. The second-order valence-electron chi connectivity index (χ2n) is 6.79. The molecule has 1 saturated heterocycles. The smallest absolute Gasteiger partial charge is 0.266 e. The van der Waals surface area contributed by atoms with E-state index in [0.29, 0.717) is 18.5 Å². The third-order valence-corrected chi connectivity index (χ3v) is 5.30. The fourth-order valence-corrected chi connectivity index (χ4v) is 3.77. The fraction of sp³-hybridized carbons (Fsp3) is 0.250. The fourth-order valence-electron chi connectivity index (χ4n) is 3.60. The van der Waals surface area contributed by atoms with Crippen molar-refractivity contribution in [2.24, 2.45) is 5.92 Å². The number of H-pyrrole nitrogens is 1. The van der Waals surface area contributed by atoms with Crippen LogP contribution in [0.4, 0.5) is 0 Å². The number of hydrogen-bond acceptors (Lipinski definition) is 4. The van der Waals surface area contributed by atoms with Crippen LogP contribution in [-0.4, -0.2) is 45.1 Å². The number of carbonyl (C=O) groups is 1. The highest BCUT2D eigenvalue weighted by molar-refractivity contribution is 6.30. The maximum atomic E-state index is 12.7. The van der Waals surface area contributed by atoms with E-state index in [0.717, 1.165) is 16.5 Å². The molecule has 6 nitrogen and oxygen atoms in total. The van der Waals surface area contributed by atoms with Gasteiger partial charge in [-0.15, -0.1) is 0 Å². The molecule has 0 aliphatic carbocycles. The molecular formula is C20H18ClN3O3. The Morgan fingerprint density at radius 1 is 1.30 bits per heavy atom. The van der Waals surface area contributed by atoms with Crippen LogP contribution < -0.4 is 5.56 Å². The number of rotatable bonds is 3. The van der Waals surface area contributed by atoms with Crippen LogP contribution in [0.2, 0.25) is 5.02 Å². The van der Waals surface area contributed by atoms with Crippen molar-refractivity contribution in [3.05, 3.63) is 75.3 Å². The Labute approximate surface area is 160 Å². The quantitative estimate of drug-likeness (QED) is 0.726. The van der Waals surface area contributed by atoms with Crippen molar-refractivity contribution in [3.63, 3.8) is 0 Å². The van der Waals surface area contributed by atoms with Gasteiger partial charge in [0.25, 0.3) is 11.5 Å². The molecule has 0 spiro atoms. The zero-order valence-corrected chi connectivity index (χ0v) is 15.2. The molecule has 3 aromatic rings. The number of amides is 1. The van der Waals surface area contributed by atoms with E-state index in [1.165, 1.54) is 12.3 Å². The molecule has 1 amide bonds. The van der Waals surface area contributed by atoms with Gasteiger partial charge in [-0.1, -0.05) is 29.8 Å². The van der Waals surface area contributed by atoms with Crippen LogP contribution in [0.1, 0.15) is 15.9 Å². The van der Waals surface area contributed by atoms with E-state index in [-0.39, 0.29) is 23.4 Å². The minimum atomic E-state index is -0.612.